The third-order valence-corrected chi connectivity index (χ3v) is 4.75. The van der Waals surface area contributed by atoms with E-state index in [1.165, 1.54) is 0 Å². The molecular weight excluding hydrogens is 308 g/mol. The van der Waals surface area contributed by atoms with Crippen LogP contribution < -0.4 is 5.32 Å². The van der Waals surface area contributed by atoms with Gasteiger partial charge in [0.1, 0.15) is 6.17 Å². The van der Waals surface area contributed by atoms with Crippen LogP contribution in [0.3, 0.4) is 0 Å². The Hall–Kier alpha value is -0.910. The van der Waals surface area contributed by atoms with E-state index in [1.54, 1.807) is 6.26 Å². The first-order valence-corrected chi connectivity index (χ1v) is 9.25. The van der Waals surface area contributed by atoms with Crippen molar-refractivity contribution in [1.29, 1.82) is 0 Å². The lowest BCUT2D eigenvalue weighted by molar-refractivity contribution is -0.130. The Morgan fingerprint density at radius 1 is 1.43 bits per heavy atom. The third-order valence-electron chi connectivity index (χ3n) is 3.66. The molecule has 1 N–H and O–H groups in total. The minimum absolute atomic E-state index is 0.115. The van der Waals surface area contributed by atoms with E-state index in [0.717, 1.165) is 18.4 Å². The van der Waals surface area contributed by atoms with Gasteiger partial charge in [-0.05, 0) is 30.5 Å². The fourth-order valence-corrected chi connectivity index (χ4v) is 3.34. The molecule has 1 amide bonds. The number of hydrogen-bond acceptors (Lipinski definition) is 3. The largest absolute Gasteiger partial charge is 0.322 e. The Balaban J connectivity index is 2.16. The van der Waals surface area contributed by atoms with E-state index in [4.69, 9.17) is 11.6 Å². The van der Waals surface area contributed by atoms with Gasteiger partial charge in [-0.1, -0.05) is 30.7 Å². The molecule has 0 aliphatic carbocycles. The lowest BCUT2D eigenvalue weighted by Crippen LogP contribution is -2.32. The van der Waals surface area contributed by atoms with Crippen molar-refractivity contribution >= 4 is 28.3 Å². The van der Waals surface area contributed by atoms with Crippen molar-refractivity contribution in [1.82, 2.24) is 10.2 Å². The van der Waals surface area contributed by atoms with Crippen molar-refractivity contribution in [2.75, 3.05) is 18.6 Å². The van der Waals surface area contributed by atoms with E-state index in [1.807, 2.05) is 36.1 Å². The molecule has 3 atom stereocenters. The first kappa shape index (κ1) is 16.5. The topological polar surface area (TPSA) is 49.4 Å². The van der Waals surface area contributed by atoms with Gasteiger partial charge in [-0.3, -0.25) is 14.3 Å². The summed E-state index contributed by atoms with van der Waals surface area (Å²) in [5.74, 6) is 0.729. The summed E-state index contributed by atoms with van der Waals surface area (Å²) in [7, 11) is -0.826. The molecule has 116 valence electrons. The van der Waals surface area contributed by atoms with Crippen molar-refractivity contribution in [2.45, 2.75) is 32.0 Å². The van der Waals surface area contributed by atoms with Crippen LogP contribution in [0.5, 0.6) is 0 Å². The number of carbonyl (C=O) groups excluding carboxylic acids is 1. The lowest BCUT2D eigenvalue weighted by atomic mass is 10.1. The molecular formula is C15H21ClN2O2S. The Morgan fingerprint density at radius 2 is 2.19 bits per heavy atom. The SMILES string of the molecule is CCC1NC(c2cccc(Cl)c2)N(CCCS(C)=O)C1=O. The summed E-state index contributed by atoms with van der Waals surface area (Å²) in [6.07, 6.45) is 3.04. The molecule has 1 aromatic carbocycles. The van der Waals surface area contributed by atoms with Gasteiger partial charge in [-0.25, -0.2) is 0 Å². The summed E-state index contributed by atoms with van der Waals surface area (Å²) in [6.45, 7) is 2.61. The van der Waals surface area contributed by atoms with Crippen LogP contribution in [-0.2, 0) is 15.6 Å². The zero-order valence-electron chi connectivity index (χ0n) is 12.3. The van der Waals surface area contributed by atoms with Gasteiger partial charge < -0.3 is 4.90 Å². The number of amides is 1. The molecule has 4 nitrogen and oxygen atoms in total. The third kappa shape index (κ3) is 4.05. The maximum absolute atomic E-state index is 12.4. The summed E-state index contributed by atoms with van der Waals surface area (Å²) >= 11 is 6.05. The van der Waals surface area contributed by atoms with Gasteiger partial charge in [0.2, 0.25) is 5.91 Å². The summed E-state index contributed by atoms with van der Waals surface area (Å²) in [5.41, 5.74) is 0.990. The van der Waals surface area contributed by atoms with Gasteiger partial charge in [0.25, 0.3) is 0 Å². The second kappa shape index (κ2) is 7.38. The van der Waals surface area contributed by atoms with Crippen LogP contribution in [0.2, 0.25) is 5.02 Å². The fourth-order valence-electron chi connectivity index (χ4n) is 2.60. The van der Waals surface area contributed by atoms with Gasteiger partial charge in [0.05, 0.1) is 6.04 Å². The van der Waals surface area contributed by atoms with Gasteiger partial charge in [-0.2, -0.15) is 0 Å². The van der Waals surface area contributed by atoms with E-state index >= 15 is 0 Å². The molecule has 1 aliphatic heterocycles. The van der Waals surface area contributed by atoms with Crippen LogP contribution in [0.1, 0.15) is 31.5 Å². The number of halogens is 1. The highest BCUT2D eigenvalue weighted by molar-refractivity contribution is 7.84. The summed E-state index contributed by atoms with van der Waals surface area (Å²) in [6, 6.07) is 7.42. The zero-order chi connectivity index (χ0) is 15.4. The van der Waals surface area contributed by atoms with Crippen LogP contribution in [0.25, 0.3) is 0 Å². The van der Waals surface area contributed by atoms with Crippen LogP contribution in [0.15, 0.2) is 24.3 Å². The van der Waals surface area contributed by atoms with Gasteiger partial charge in [0.15, 0.2) is 0 Å². The molecule has 0 bridgehead atoms. The van der Waals surface area contributed by atoms with Crippen LogP contribution in [0.4, 0.5) is 0 Å². The molecule has 3 unspecified atom stereocenters. The van der Waals surface area contributed by atoms with Crippen LogP contribution in [-0.4, -0.2) is 39.6 Å². The van der Waals surface area contributed by atoms with Crippen molar-refractivity contribution in [3.63, 3.8) is 0 Å². The predicted octanol–water partition coefficient (Wildman–Crippen LogP) is 2.32. The molecule has 1 fully saturated rings. The van der Waals surface area contributed by atoms with Gasteiger partial charge >= 0.3 is 0 Å². The molecule has 1 saturated heterocycles. The number of nitrogens with zero attached hydrogens (tertiary/aromatic N) is 1. The van der Waals surface area contributed by atoms with E-state index in [0.29, 0.717) is 17.3 Å². The first-order chi connectivity index (χ1) is 10.0. The average Bonchev–Trinajstić information content (AvgIpc) is 2.75. The van der Waals surface area contributed by atoms with E-state index < -0.39 is 10.8 Å². The Kier molecular flexibility index (Phi) is 5.79. The number of carbonyl (C=O) groups is 1. The van der Waals surface area contributed by atoms with Crippen molar-refractivity contribution in [3.05, 3.63) is 34.9 Å². The van der Waals surface area contributed by atoms with Crippen LogP contribution in [0, 0.1) is 0 Å². The maximum Gasteiger partial charge on any atom is 0.241 e. The van der Waals surface area contributed by atoms with Gasteiger partial charge in [0, 0.05) is 34.4 Å². The second-order valence-corrected chi connectivity index (χ2v) is 7.24. The Bertz CT molecular complexity index is 538. The highest BCUT2D eigenvalue weighted by Crippen LogP contribution is 2.28. The standard InChI is InChI=1S/C15H21ClN2O2S/c1-3-13-15(19)18(8-5-9-21(2)20)14(17-13)11-6-4-7-12(16)10-11/h4,6-7,10,13-14,17H,3,5,8-9H2,1-2H3. The summed E-state index contributed by atoms with van der Waals surface area (Å²) in [5, 5.41) is 4.03. The van der Waals surface area contributed by atoms with E-state index in [-0.39, 0.29) is 18.1 Å². The predicted molar refractivity (Wildman–Crippen MR) is 86.7 cm³/mol. The molecule has 1 aliphatic rings. The molecule has 0 saturated carbocycles. The van der Waals surface area contributed by atoms with Crippen molar-refractivity contribution in [2.24, 2.45) is 0 Å². The van der Waals surface area contributed by atoms with Crippen molar-refractivity contribution in [3.8, 4) is 0 Å². The number of hydrogen-bond donors (Lipinski definition) is 1. The number of rotatable bonds is 6. The zero-order valence-corrected chi connectivity index (χ0v) is 13.9. The maximum atomic E-state index is 12.4. The summed E-state index contributed by atoms with van der Waals surface area (Å²) in [4.78, 5) is 14.3. The molecule has 21 heavy (non-hydrogen) atoms. The minimum Gasteiger partial charge on any atom is -0.322 e. The highest BCUT2D eigenvalue weighted by Gasteiger charge is 2.38. The lowest BCUT2D eigenvalue weighted by Gasteiger charge is -2.24. The average molecular weight is 329 g/mol. The molecule has 0 radical (unpaired) electrons. The fraction of sp³-hybridized carbons (Fsp3) is 0.533. The minimum atomic E-state index is -0.826. The highest BCUT2D eigenvalue weighted by atomic mass is 35.5. The molecule has 2 rings (SSSR count). The number of benzene rings is 1. The van der Waals surface area contributed by atoms with Crippen molar-refractivity contribution < 1.29 is 9.00 Å². The van der Waals surface area contributed by atoms with Crippen LogP contribution >= 0.6 is 11.6 Å². The first-order valence-electron chi connectivity index (χ1n) is 7.15. The van der Waals surface area contributed by atoms with E-state index in [9.17, 15) is 9.00 Å². The Morgan fingerprint density at radius 3 is 2.81 bits per heavy atom. The normalized spacial score (nSPS) is 23.6. The molecule has 0 aromatic heterocycles. The molecule has 0 spiro atoms. The van der Waals surface area contributed by atoms with Gasteiger partial charge in [-0.15, -0.1) is 0 Å². The molecule has 1 heterocycles. The molecule has 1 aromatic rings. The quantitative estimate of drug-likeness (QED) is 0.872. The number of nitrogens with one attached hydrogen (secondary N) is 1. The smallest absolute Gasteiger partial charge is 0.241 e. The monoisotopic (exact) mass is 328 g/mol. The summed E-state index contributed by atoms with van der Waals surface area (Å²) < 4.78 is 11.2. The Labute approximate surface area is 133 Å². The van der Waals surface area contributed by atoms with E-state index in [2.05, 4.69) is 5.32 Å². The second-order valence-electron chi connectivity index (χ2n) is 5.25. The molecule has 6 heteroatoms.